The molecule has 3 rings (SSSR count). The minimum Gasteiger partial charge on any atom is -0.494 e. The smallest absolute Gasteiger partial charge is 0.253 e. The zero-order valence-corrected chi connectivity index (χ0v) is 41.4. The molecule has 8 heteroatoms. The highest BCUT2D eigenvalue weighted by molar-refractivity contribution is 6.12. The van der Waals surface area contributed by atoms with Gasteiger partial charge >= 0.3 is 0 Å². The molecule has 0 aromatic carbocycles. The van der Waals surface area contributed by atoms with Gasteiger partial charge in [0.2, 0.25) is 11.8 Å². The number of hydrogen-bond donors (Lipinski definition) is 2. The molecule has 362 valence electrons. The lowest BCUT2D eigenvalue weighted by Gasteiger charge is -2.44. The van der Waals surface area contributed by atoms with Gasteiger partial charge in [-0.2, -0.15) is 0 Å². The second-order valence-corrected chi connectivity index (χ2v) is 20.0. The molecule has 0 saturated heterocycles. The third kappa shape index (κ3) is 20.9. The summed E-state index contributed by atoms with van der Waals surface area (Å²) in [6.07, 6.45) is 47.3. The molecule has 1 aliphatic carbocycles. The van der Waals surface area contributed by atoms with Crippen molar-refractivity contribution in [2.75, 3.05) is 18.0 Å². The maximum absolute atomic E-state index is 12.6. The van der Waals surface area contributed by atoms with Crippen molar-refractivity contribution in [2.45, 2.75) is 259 Å². The van der Waals surface area contributed by atoms with E-state index in [0.717, 1.165) is 62.2 Å². The maximum atomic E-state index is 12.6. The van der Waals surface area contributed by atoms with Gasteiger partial charge in [0.1, 0.15) is 5.69 Å². The van der Waals surface area contributed by atoms with Crippen LogP contribution >= 0.6 is 0 Å². The number of hydrogen-bond acceptors (Lipinski definition) is 5. The van der Waals surface area contributed by atoms with Crippen molar-refractivity contribution in [3.8, 4) is 11.8 Å². The van der Waals surface area contributed by atoms with E-state index in [2.05, 4.69) is 20.8 Å². The Morgan fingerprint density at radius 1 is 0.540 bits per heavy atom. The van der Waals surface area contributed by atoms with E-state index in [1.54, 1.807) is 22.5 Å². The molecule has 63 heavy (non-hydrogen) atoms. The van der Waals surface area contributed by atoms with Gasteiger partial charge < -0.3 is 15.1 Å². The molecule has 1 saturated carbocycles. The Morgan fingerprint density at radius 2 is 0.921 bits per heavy atom. The summed E-state index contributed by atoms with van der Waals surface area (Å²) >= 11 is 0. The van der Waals surface area contributed by atoms with E-state index >= 15 is 0 Å². The number of rotatable bonds is 39. The second-order valence-electron chi connectivity index (χ2n) is 20.0. The zero-order chi connectivity index (χ0) is 45.5. The second kappa shape index (κ2) is 33.7. The highest BCUT2D eigenvalue weighted by Crippen LogP contribution is 2.48. The van der Waals surface area contributed by atoms with Crippen molar-refractivity contribution in [3.63, 3.8) is 0 Å². The average molecular weight is 880 g/mol. The molecule has 1 fully saturated rings. The summed E-state index contributed by atoms with van der Waals surface area (Å²) < 4.78 is 1.59. The van der Waals surface area contributed by atoms with E-state index in [1.807, 2.05) is 0 Å². The van der Waals surface area contributed by atoms with Crippen molar-refractivity contribution in [1.29, 1.82) is 0 Å². The van der Waals surface area contributed by atoms with E-state index in [-0.39, 0.29) is 29.5 Å². The van der Waals surface area contributed by atoms with E-state index in [0.29, 0.717) is 25.3 Å². The van der Waals surface area contributed by atoms with Crippen LogP contribution in [0.3, 0.4) is 0 Å². The predicted molar refractivity (Wildman–Crippen MR) is 264 cm³/mol. The predicted octanol–water partition coefficient (Wildman–Crippen LogP) is 15.4. The van der Waals surface area contributed by atoms with Gasteiger partial charge in [0.15, 0.2) is 5.88 Å². The summed E-state index contributed by atoms with van der Waals surface area (Å²) in [7, 11) is 0. The molecule has 1 aromatic rings. The minimum atomic E-state index is -0.157. The fourth-order valence-corrected chi connectivity index (χ4v) is 11.2. The topological polar surface area (TPSA) is 103 Å². The van der Waals surface area contributed by atoms with Crippen LogP contribution in [0, 0.1) is 23.7 Å². The van der Waals surface area contributed by atoms with Crippen LogP contribution in [-0.4, -0.2) is 50.5 Å². The van der Waals surface area contributed by atoms with Gasteiger partial charge in [0.05, 0.1) is 0 Å². The Bertz CT molecular complexity index is 1390. The number of carbonyl (C=O) groups is 3. The van der Waals surface area contributed by atoms with Crippen LogP contribution in [0.15, 0.2) is 18.2 Å². The molecule has 0 spiro atoms. The molecule has 4 atom stereocenters. The van der Waals surface area contributed by atoms with Gasteiger partial charge in [-0.15, -0.1) is 0 Å². The van der Waals surface area contributed by atoms with Crippen molar-refractivity contribution in [1.82, 2.24) is 9.47 Å². The molecule has 3 amide bonds. The maximum Gasteiger partial charge on any atom is 0.253 e. The van der Waals surface area contributed by atoms with Crippen LogP contribution in [0.2, 0.25) is 0 Å². The van der Waals surface area contributed by atoms with Crippen LogP contribution in [0.25, 0.3) is 0 Å². The van der Waals surface area contributed by atoms with Crippen LogP contribution in [0.4, 0.5) is 5.69 Å². The fourth-order valence-electron chi connectivity index (χ4n) is 11.2. The molecule has 1 aromatic heterocycles. The molecule has 2 N–H and O–H groups in total. The Hall–Kier alpha value is -2.77. The third-order valence-corrected chi connectivity index (χ3v) is 14.9. The van der Waals surface area contributed by atoms with Crippen LogP contribution in [0.5, 0.6) is 11.8 Å². The molecule has 4 unspecified atom stereocenters. The van der Waals surface area contributed by atoms with Gasteiger partial charge in [-0.1, -0.05) is 201 Å². The number of carbonyl (C=O) groups excluding carboxylic acids is 3. The number of unbranched alkanes of at least 4 members (excludes halogenated alkanes) is 24. The van der Waals surface area contributed by atoms with E-state index in [9.17, 15) is 24.6 Å². The zero-order valence-electron chi connectivity index (χ0n) is 41.4. The van der Waals surface area contributed by atoms with E-state index in [1.165, 1.54) is 203 Å². The van der Waals surface area contributed by atoms with Crippen molar-refractivity contribution >= 4 is 23.4 Å². The van der Waals surface area contributed by atoms with Crippen molar-refractivity contribution in [3.05, 3.63) is 18.2 Å². The molecular formula is C55H97N3O5. The monoisotopic (exact) mass is 880 g/mol. The molecule has 1 aliphatic heterocycles. The summed E-state index contributed by atoms with van der Waals surface area (Å²) in [5.74, 6) is 3.17. The highest BCUT2D eigenvalue weighted by atomic mass is 16.3. The first-order chi connectivity index (χ1) is 30.7. The van der Waals surface area contributed by atoms with Gasteiger partial charge in [-0.05, 0) is 68.6 Å². The SMILES string of the molecule is CCCCCCCCCN(C(C)=O)c1cc(O)n(CCCCCCCCC2C(CCCCCCCCN3C(=O)C=CC3=O)CCC(CCCCCC)C2CCCCCCCC)c1O. The molecular weight excluding hydrogens is 783 g/mol. The number of nitrogens with zero attached hydrogens (tertiary/aromatic N) is 3. The van der Waals surface area contributed by atoms with Gasteiger partial charge in [-0.25, -0.2) is 0 Å². The van der Waals surface area contributed by atoms with Crippen LogP contribution in [-0.2, 0) is 20.9 Å². The Kier molecular flexibility index (Phi) is 29.2. The fraction of sp³-hybridized carbons (Fsp3) is 0.836. The lowest BCUT2D eigenvalue weighted by atomic mass is 9.61. The Balaban J connectivity index is 1.48. The third-order valence-electron chi connectivity index (χ3n) is 14.9. The molecule has 0 bridgehead atoms. The van der Waals surface area contributed by atoms with Crippen LogP contribution in [0.1, 0.15) is 252 Å². The minimum absolute atomic E-state index is 0.00946. The van der Waals surface area contributed by atoms with Crippen molar-refractivity contribution in [2.24, 2.45) is 23.7 Å². The quantitative estimate of drug-likeness (QED) is 0.0506. The number of amides is 3. The highest BCUT2D eigenvalue weighted by Gasteiger charge is 2.38. The Labute approximate surface area is 386 Å². The molecule has 8 nitrogen and oxygen atoms in total. The van der Waals surface area contributed by atoms with E-state index < -0.39 is 0 Å². The lowest BCUT2D eigenvalue weighted by Crippen LogP contribution is -2.35. The first-order valence-electron chi connectivity index (χ1n) is 27.2. The number of anilines is 1. The lowest BCUT2D eigenvalue weighted by molar-refractivity contribution is -0.136. The van der Waals surface area contributed by atoms with Gasteiger partial charge in [0, 0.05) is 44.8 Å². The number of imide groups is 1. The van der Waals surface area contributed by atoms with Gasteiger partial charge in [0.25, 0.3) is 11.8 Å². The van der Waals surface area contributed by atoms with Gasteiger partial charge in [-0.3, -0.25) is 23.9 Å². The summed E-state index contributed by atoms with van der Waals surface area (Å²) in [5.41, 5.74) is 0.436. The van der Waals surface area contributed by atoms with Crippen molar-refractivity contribution < 1.29 is 24.6 Å². The summed E-state index contributed by atoms with van der Waals surface area (Å²) in [6.45, 7) is 10.1. The molecule has 0 radical (unpaired) electrons. The van der Waals surface area contributed by atoms with Crippen LogP contribution < -0.4 is 4.90 Å². The molecule has 2 heterocycles. The number of aromatic hydroxyl groups is 2. The first-order valence-corrected chi connectivity index (χ1v) is 27.2. The summed E-state index contributed by atoms with van der Waals surface area (Å²) in [5, 5.41) is 21.9. The van der Waals surface area contributed by atoms with E-state index in [4.69, 9.17) is 0 Å². The molecule has 2 aliphatic rings. The Morgan fingerprint density at radius 3 is 1.38 bits per heavy atom. The standard InChI is InChI=1S/C55H97N3O5/c1-5-8-11-14-18-24-31-42-56(46(4)59)51-45-54(62)58(55(51)63)44-33-26-20-17-23-30-37-50-48(35-28-21-16-19-25-32-43-57-52(60)40-41-53(57)61)39-38-47(34-27-13-10-7-3)49(50)36-29-22-15-12-9-6-2/h40-41,45,47-50,62-63H,5-39,42-44H2,1-4H3. The summed E-state index contributed by atoms with van der Waals surface area (Å²) in [4.78, 5) is 39.3. The average Bonchev–Trinajstić information content (AvgIpc) is 3.74. The largest absolute Gasteiger partial charge is 0.494 e. The summed E-state index contributed by atoms with van der Waals surface area (Å²) in [6, 6.07) is 1.57. The first kappa shape index (κ1) is 54.6. The number of aromatic nitrogens is 1. The normalized spacial score (nSPS) is 18.9.